The molecule has 2 unspecified atom stereocenters. The van der Waals surface area contributed by atoms with E-state index in [2.05, 4.69) is 0 Å². The number of carboxylic acids is 1. The summed E-state index contributed by atoms with van der Waals surface area (Å²) in [5.74, 6) is -0.806. The Morgan fingerprint density at radius 2 is 2.25 bits per heavy atom. The Hall–Kier alpha value is -2.04. The highest BCUT2D eigenvalue weighted by Gasteiger charge is 2.29. The number of benzene rings is 1. The van der Waals surface area contributed by atoms with Gasteiger partial charge in [0.15, 0.2) is 5.78 Å². The molecule has 1 aliphatic heterocycles. The first kappa shape index (κ1) is 14.4. The molecule has 2 atom stereocenters. The van der Waals surface area contributed by atoms with Crippen LogP contribution in [0.4, 0.5) is 0 Å². The molecule has 0 aliphatic carbocycles. The summed E-state index contributed by atoms with van der Waals surface area (Å²) in [5, 5.41) is 9.13. The minimum Gasteiger partial charge on any atom is -0.496 e. The van der Waals surface area contributed by atoms with E-state index in [1.807, 2.05) is 6.92 Å². The Bertz CT molecular complexity index is 549. The van der Waals surface area contributed by atoms with E-state index in [1.54, 1.807) is 19.1 Å². The molecule has 0 saturated carbocycles. The molecule has 0 fully saturated rings. The highest BCUT2D eigenvalue weighted by atomic mass is 16.5. The monoisotopic (exact) mass is 278 g/mol. The SMILES string of the molecule is CCC1CC(=O)c2cc(C(C)C(=O)O)c(OC)cc2O1. The quantitative estimate of drug-likeness (QED) is 0.916. The predicted molar refractivity (Wildman–Crippen MR) is 72.7 cm³/mol. The first-order valence-electron chi connectivity index (χ1n) is 6.62. The van der Waals surface area contributed by atoms with E-state index in [0.29, 0.717) is 29.0 Å². The summed E-state index contributed by atoms with van der Waals surface area (Å²) >= 11 is 0. The van der Waals surface area contributed by atoms with Gasteiger partial charge in [-0.2, -0.15) is 0 Å². The second kappa shape index (κ2) is 5.53. The van der Waals surface area contributed by atoms with Crippen molar-refractivity contribution in [1.29, 1.82) is 0 Å². The van der Waals surface area contributed by atoms with Crippen molar-refractivity contribution in [3.05, 3.63) is 23.3 Å². The van der Waals surface area contributed by atoms with Crippen LogP contribution in [0.15, 0.2) is 12.1 Å². The number of ether oxygens (including phenoxy) is 2. The van der Waals surface area contributed by atoms with Gasteiger partial charge in [0.2, 0.25) is 0 Å². The number of Topliss-reactive ketones (excluding diaryl/α,β-unsaturated/α-hetero) is 1. The number of fused-ring (bicyclic) bond motifs is 1. The average molecular weight is 278 g/mol. The maximum absolute atomic E-state index is 12.1. The molecule has 0 spiro atoms. The lowest BCUT2D eigenvalue weighted by Gasteiger charge is -2.26. The summed E-state index contributed by atoms with van der Waals surface area (Å²) in [6.45, 7) is 3.52. The molecule has 5 nitrogen and oxygen atoms in total. The molecule has 0 saturated heterocycles. The lowest BCUT2D eigenvalue weighted by Crippen LogP contribution is -2.26. The van der Waals surface area contributed by atoms with Gasteiger partial charge in [0.1, 0.15) is 17.6 Å². The van der Waals surface area contributed by atoms with Gasteiger partial charge in [-0.3, -0.25) is 9.59 Å². The fourth-order valence-corrected chi connectivity index (χ4v) is 2.31. The van der Waals surface area contributed by atoms with Gasteiger partial charge in [-0.15, -0.1) is 0 Å². The molecule has 0 aromatic heterocycles. The van der Waals surface area contributed by atoms with Gasteiger partial charge in [0.25, 0.3) is 0 Å². The Morgan fingerprint density at radius 3 is 2.80 bits per heavy atom. The van der Waals surface area contributed by atoms with Crippen LogP contribution in [0.2, 0.25) is 0 Å². The standard InChI is InChI=1S/C15H18O5/c1-4-9-5-12(16)11-6-10(8(2)15(17)18)13(19-3)7-14(11)20-9/h6-9H,4-5H2,1-3H3,(H,17,18). The van der Waals surface area contributed by atoms with Crippen molar-refractivity contribution in [2.75, 3.05) is 7.11 Å². The van der Waals surface area contributed by atoms with Gasteiger partial charge in [0.05, 0.1) is 18.6 Å². The summed E-state index contributed by atoms with van der Waals surface area (Å²) in [6.07, 6.45) is 0.958. The molecule has 1 heterocycles. The van der Waals surface area contributed by atoms with Crippen LogP contribution in [0.25, 0.3) is 0 Å². The zero-order valence-corrected chi connectivity index (χ0v) is 11.8. The minimum absolute atomic E-state index is 0.0143. The minimum atomic E-state index is -0.959. The fraction of sp³-hybridized carbons (Fsp3) is 0.467. The maximum Gasteiger partial charge on any atom is 0.310 e. The second-order valence-electron chi connectivity index (χ2n) is 4.93. The van der Waals surface area contributed by atoms with Crippen molar-refractivity contribution >= 4 is 11.8 Å². The van der Waals surface area contributed by atoms with Crippen LogP contribution in [0.3, 0.4) is 0 Å². The van der Waals surface area contributed by atoms with Crippen LogP contribution < -0.4 is 9.47 Å². The van der Waals surface area contributed by atoms with Gasteiger partial charge in [-0.25, -0.2) is 0 Å². The molecule has 20 heavy (non-hydrogen) atoms. The maximum atomic E-state index is 12.1. The number of ketones is 1. The van der Waals surface area contributed by atoms with E-state index in [4.69, 9.17) is 14.6 Å². The zero-order chi connectivity index (χ0) is 14.9. The van der Waals surface area contributed by atoms with E-state index < -0.39 is 11.9 Å². The van der Waals surface area contributed by atoms with Crippen molar-refractivity contribution < 1.29 is 24.2 Å². The summed E-state index contributed by atoms with van der Waals surface area (Å²) < 4.78 is 11.0. The molecule has 1 N–H and O–H groups in total. The molecule has 1 aromatic rings. The Labute approximate surface area is 117 Å². The molecule has 1 aliphatic rings. The molecule has 0 bridgehead atoms. The lowest BCUT2D eigenvalue weighted by molar-refractivity contribution is -0.138. The highest BCUT2D eigenvalue weighted by molar-refractivity contribution is 6.00. The summed E-state index contributed by atoms with van der Waals surface area (Å²) in [5.41, 5.74) is 0.934. The number of carbonyl (C=O) groups is 2. The first-order valence-corrected chi connectivity index (χ1v) is 6.62. The number of hydrogen-bond donors (Lipinski definition) is 1. The number of aliphatic carboxylic acids is 1. The number of carboxylic acid groups (broad SMARTS) is 1. The number of hydrogen-bond acceptors (Lipinski definition) is 4. The van der Waals surface area contributed by atoms with E-state index >= 15 is 0 Å². The third kappa shape index (κ3) is 2.48. The number of rotatable bonds is 4. The molecular formula is C15H18O5. The second-order valence-corrected chi connectivity index (χ2v) is 4.93. The lowest BCUT2D eigenvalue weighted by atomic mass is 9.92. The molecule has 108 valence electrons. The van der Waals surface area contributed by atoms with Crippen LogP contribution in [-0.4, -0.2) is 30.1 Å². The summed E-state index contributed by atoms with van der Waals surface area (Å²) in [7, 11) is 1.47. The largest absolute Gasteiger partial charge is 0.496 e. The van der Waals surface area contributed by atoms with Crippen molar-refractivity contribution in [2.45, 2.75) is 38.7 Å². The first-order chi connectivity index (χ1) is 9.47. The van der Waals surface area contributed by atoms with Crippen LogP contribution in [0, 0.1) is 0 Å². The highest BCUT2D eigenvalue weighted by Crippen LogP contribution is 2.37. The normalized spacial score (nSPS) is 18.9. The predicted octanol–water partition coefficient (Wildman–Crippen LogP) is 2.63. The molecule has 0 radical (unpaired) electrons. The Kier molecular flexibility index (Phi) is 3.97. The van der Waals surface area contributed by atoms with Crippen molar-refractivity contribution in [1.82, 2.24) is 0 Å². The number of carbonyl (C=O) groups excluding carboxylic acids is 1. The van der Waals surface area contributed by atoms with Crippen molar-refractivity contribution in [2.24, 2.45) is 0 Å². The van der Waals surface area contributed by atoms with Gasteiger partial charge in [0, 0.05) is 18.1 Å². The third-order valence-electron chi connectivity index (χ3n) is 3.63. The van der Waals surface area contributed by atoms with Crippen LogP contribution in [0.1, 0.15) is 48.5 Å². The zero-order valence-electron chi connectivity index (χ0n) is 11.8. The summed E-state index contributed by atoms with van der Waals surface area (Å²) in [6, 6.07) is 3.20. The smallest absolute Gasteiger partial charge is 0.310 e. The average Bonchev–Trinajstić information content (AvgIpc) is 2.44. The molecule has 5 heteroatoms. The molecule has 1 aromatic carbocycles. The number of methoxy groups -OCH3 is 1. The van der Waals surface area contributed by atoms with E-state index in [0.717, 1.165) is 6.42 Å². The van der Waals surface area contributed by atoms with Crippen molar-refractivity contribution in [3.8, 4) is 11.5 Å². The van der Waals surface area contributed by atoms with E-state index in [1.165, 1.54) is 7.11 Å². The summed E-state index contributed by atoms with van der Waals surface area (Å²) in [4.78, 5) is 23.3. The van der Waals surface area contributed by atoms with Gasteiger partial charge < -0.3 is 14.6 Å². The third-order valence-corrected chi connectivity index (χ3v) is 3.63. The van der Waals surface area contributed by atoms with Crippen LogP contribution >= 0.6 is 0 Å². The Balaban J connectivity index is 2.51. The van der Waals surface area contributed by atoms with Gasteiger partial charge in [-0.1, -0.05) is 6.92 Å². The van der Waals surface area contributed by atoms with Crippen LogP contribution in [-0.2, 0) is 4.79 Å². The van der Waals surface area contributed by atoms with E-state index in [9.17, 15) is 9.59 Å². The molecule has 0 amide bonds. The van der Waals surface area contributed by atoms with E-state index in [-0.39, 0.29) is 11.9 Å². The van der Waals surface area contributed by atoms with Crippen molar-refractivity contribution in [3.63, 3.8) is 0 Å². The topological polar surface area (TPSA) is 72.8 Å². The molecule has 2 rings (SSSR count). The van der Waals surface area contributed by atoms with Gasteiger partial charge in [-0.05, 0) is 19.4 Å². The molecular weight excluding hydrogens is 260 g/mol. The van der Waals surface area contributed by atoms with Gasteiger partial charge >= 0.3 is 5.97 Å². The van der Waals surface area contributed by atoms with Crippen LogP contribution in [0.5, 0.6) is 11.5 Å². The fourth-order valence-electron chi connectivity index (χ4n) is 2.31. The Morgan fingerprint density at radius 1 is 1.55 bits per heavy atom.